The van der Waals surface area contributed by atoms with Gasteiger partial charge in [-0.2, -0.15) is 0 Å². The van der Waals surface area contributed by atoms with Crippen molar-refractivity contribution in [3.05, 3.63) is 20.2 Å². The van der Waals surface area contributed by atoms with Crippen LogP contribution < -0.4 is 0 Å². The number of allylic oxidation sites excluding steroid dienone is 2. The molecule has 1 aliphatic rings. The Bertz CT molecular complexity index is 364. The van der Waals surface area contributed by atoms with Crippen LogP contribution in [0.25, 0.3) is 0 Å². The van der Waals surface area contributed by atoms with Crippen molar-refractivity contribution in [3.8, 4) is 0 Å². The maximum absolute atomic E-state index is 11.0. The first kappa shape index (κ1) is 9.11. The van der Waals surface area contributed by atoms with Crippen molar-refractivity contribution in [1.82, 2.24) is 0 Å². The monoisotopic (exact) mass is 257 g/mol. The molecular weight excluding hydrogens is 256 g/mol. The van der Waals surface area contributed by atoms with E-state index >= 15 is 0 Å². The maximum Gasteiger partial charge on any atom is 0.220 e. The lowest BCUT2D eigenvalue weighted by atomic mass is 10.6. The summed E-state index contributed by atoms with van der Waals surface area (Å²) in [6.07, 6.45) is 2.21. The third-order valence-electron chi connectivity index (χ3n) is 1.04. The minimum Gasteiger partial charge on any atom is -0.768 e. The molecule has 1 unspecified atom stereocenters. The van der Waals surface area contributed by atoms with Crippen LogP contribution >= 0.6 is 15.9 Å². The number of hydrogen-bond acceptors (Lipinski definition) is 4. The van der Waals surface area contributed by atoms with Gasteiger partial charge in [-0.25, -0.2) is 8.42 Å². The fraction of sp³-hybridized carbons (Fsp3) is 0. The molecule has 62 valence electrons. The zero-order valence-corrected chi connectivity index (χ0v) is 8.20. The minimum absolute atomic E-state index is 0.121. The van der Waals surface area contributed by atoms with Gasteiger partial charge in [0.2, 0.25) is 9.84 Å². The molecule has 11 heavy (non-hydrogen) atoms. The molecule has 0 amide bonds. The summed E-state index contributed by atoms with van der Waals surface area (Å²) in [4.78, 5) is 0. The Morgan fingerprint density at radius 2 is 2.00 bits per heavy atom. The van der Waals surface area contributed by atoms with E-state index in [2.05, 4.69) is 15.9 Å². The van der Waals surface area contributed by atoms with Crippen molar-refractivity contribution in [2.75, 3.05) is 0 Å². The summed E-state index contributed by atoms with van der Waals surface area (Å²) in [5.74, 6) is 0. The van der Waals surface area contributed by atoms with Crippen LogP contribution in [0.1, 0.15) is 0 Å². The Morgan fingerprint density at radius 1 is 1.45 bits per heavy atom. The molecule has 0 aromatic heterocycles. The quantitative estimate of drug-likeness (QED) is 0.637. The molecule has 1 rings (SSSR count). The SMILES string of the molecule is O=S([O-])C1=CC=C(Br)S1(=O)=O. The highest BCUT2D eigenvalue weighted by Gasteiger charge is 2.26. The summed E-state index contributed by atoms with van der Waals surface area (Å²) in [7, 11) is -3.74. The number of sulfone groups is 1. The zero-order valence-electron chi connectivity index (χ0n) is 4.98. The van der Waals surface area contributed by atoms with Gasteiger partial charge in [0.15, 0.2) is 0 Å². The van der Waals surface area contributed by atoms with E-state index in [1.54, 1.807) is 0 Å². The zero-order chi connectivity index (χ0) is 8.65. The maximum atomic E-state index is 11.0. The Morgan fingerprint density at radius 3 is 2.18 bits per heavy atom. The first-order chi connectivity index (χ1) is 4.96. The van der Waals surface area contributed by atoms with Gasteiger partial charge in [0, 0.05) is 0 Å². The molecule has 1 aliphatic heterocycles. The molecule has 1 atom stereocenters. The average molecular weight is 258 g/mol. The van der Waals surface area contributed by atoms with Gasteiger partial charge >= 0.3 is 0 Å². The van der Waals surface area contributed by atoms with Crippen molar-refractivity contribution < 1.29 is 17.2 Å². The molecule has 0 spiro atoms. The Balaban J connectivity index is 3.23. The minimum atomic E-state index is -3.74. The van der Waals surface area contributed by atoms with E-state index in [1.165, 1.54) is 6.08 Å². The van der Waals surface area contributed by atoms with Gasteiger partial charge in [-0.05, 0) is 39.2 Å². The summed E-state index contributed by atoms with van der Waals surface area (Å²) >= 11 is 0.0262. The van der Waals surface area contributed by atoms with Crippen molar-refractivity contribution >= 4 is 36.8 Å². The fourth-order valence-corrected chi connectivity index (χ4v) is 3.38. The Kier molecular flexibility index (Phi) is 2.33. The molecule has 0 fully saturated rings. The van der Waals surface area contributed by atoms with Crippen LogP contribution in [-0.4, -0.2) is 17.2 Å². The third kappa shape index (κ3) is 1.46. The average Bonchev–Trinajstić information content (AvgIpc) is 2.08. The molecule has 0 aromatic rings. The lowest BCUT2D eigenvalue weighted by molar-refractivity contribution is 0.544. The second-order valence-electron chi connectivity index (χ2n) is 1.69. The molecule has 0 aliphatic carbocycles. The standard InChI is InChI=1S/C4H3BrO4S2/c5-3-1-2-4(10(6)7)11(3,8)9/h1-2H,(H,6,7)/p-1. The summed E-state index contributed by atoms with van der Waals surface area (Å²) in [5, 5.41) is 0. The van der Waals surface area contributed by atoms with Crippen LogP contribution in [0.15, 0.2) is 20.2 Å². The smallest absolute Gasteiger partial charge is 0.220 e. The molecule has 0 bridgehead atoms. The van der Waals surface area contributed by atoms with E-state index in [1.807, 2.05) is 0 Å². The van der Waals surface area contributed by atoms with Crippen LogP contribution in [0, 0.1) is 0 Å². The van der Waals surface area contributed by atoms with Crippen LogP contribution in [0.5, 0.6) is 0 Å². The summed E-state index contributed by atoms with van der Waals surface area (Å²) in [5.41, 5.74) is 0. The highest BCUT2D eigenvalue weighted by molar-refractivity contribution is 9.13. The van der Waals surface area contributed by atoms with E-state index in [-0.39, 0.29) is 3.81 Å². The van der Waals surface area contributed by atoms with Crippen LogP contribution in [0.4, 0.5) is 0 Å². The van der Waals surface area contributed by atoms with Crippen LogP contribution in [0.2, 0.25) is 0 Å². The first-order valence-corrected chi connectivity index (χ1v) is 5.73. The number of hydrogen-bond donors (Lipinski definition) is 0. The molecular formula is C4H2BrO4S2-. The second kappa shape index (κ2) is 2.81. The lowest BCUT2D eigenvalue weighted by Crippen LogP contribution is -2.04. The summed E-state index contributed by atoms with van der Waals surface area (Å²) in [6.45, 7) is 0. The third-order valence-corrected chi connectivity index (χ3v) is 5.43. The molecule has 0 saturated carbocycles. The normalized spacial score (nSPS) is 24.2. The first-order valence-electron chi connectivity index (χ1n) is 2.38. The van der Waals surface area contributed by atoms with E-state index in [0.717, 1.165) is 6.08 Å². The number of halogens is 1. The predicted molar refractivity (Wildman–Crippen MR) is 42.9 cm³/mol. The molecule has 0 aromatic carbocycles. The second-order valence-corrected chi connectivity index (χ2v) is 6.13. The van der Waals surface area contributed by atoms with E-state index in [9.17, 15) is 17.2 Å². The van der Waals surface area contributed by atoms with Gasteiger partial charge in [0.25, 0.3) is 0 Å². The lowest BCUT2D eigenvalue weighted by Gasteiger charge is -2.05. The van der Waals surface area contributed by atoms with Gasteiger partial charge < -0.3 is 4.55 Å². The Hall–Kier alpha value is 0.0200. The molecule has 7 heteroatoms. The predicted octanol–water partition coefficient (Wildman–Crippen LogP) is 0.372. The van der Waals surface area contributed by atoms with Crippen molar-refractivity contribution in [2.45, 2.75) is 0 Å². The van der Waals surface area contributed by atoms with E-state index < -0.39 is 25.2 Å². The highest BCUT2D eigenvalue weighted by Crippen LogP contribution is 2.29. The topological polar surface area (TPSA) is 74.3 Å². The van der Waals surface area contributed by atoms with Crippen molar-refractivity contribution in [2.24, 2.45) is 0 Å². The van der Waals surface area contributed by atoms with Gasteiger partial charge in [-0.1, -0.05) is 0 Å². The molecule has 4 nitrogen and oxygen atoms in total. The van der Waals surface area contributed by atoms with Gasteiger partial charge in [0.1, 0.15) is 8.05 Å². The molecule has 0 N–H and O–H groups in total. The van der Waals surface area contributed by atoms with Crippen molar-refractivity contribution in [3.63, 3.8) is 0 Å². The fourth-order valence-electron chi connectivity index (χ4n) is 0.554. The molecule has 1 heterocycles. The molecule has 0 saturated heterocycles. The summed E-state index contributed by atoms with van der Waals surface area (Å²) < 4.78 is 41.7. The summed E-state index contributed by atoms with van der Waals surface area (Å²) in [6, 6.07) is 0. The molecule has 0 radical (unpaired) electrons. The van der Waals surface area contributed by atoms with Crippen LogP contribution in [0.3, 0.4) is 0 Å². The van der Waals surface area contributed by atoms with E-state index in [0.29, 0.717) is 0 Å². The van der Waals surface area contributed by atoms with Gasteiger partial charge in [-0.15, -0.1) is 0 Å². The van der Waals surface area contributed by atoms with Crippen molar-refractivity contribution in [1.29, 1.82) is 0 Å². The highest BCUT2D eigenvalue weighted by atomic mass is 79.9. The van der Waals surface area contributed by atoms with Gasteiger partial charge in [0.05, 0.1) is 0 Å². The van der Waals surface area contributed by atoms with Crippen LogP contribution in [-0.2, 0) is 20.9 Å². The number of rotatable bonds is 1. The van der Waals surface area contributed by atoms with E-state index in [4.69, 9.17) is 0 Å². The Labute approximate surface area is 74.3 Å². The van der Waals surface area contributed by atoms with Gasteiger partial charge in [-0.3, -0.25) is 4.21 Å². The largest absolute Gasteiger partial charge is 0.768 e.